The Labute approximate surface area is 137 Å². The van der Waals surface area contributed by atoms with Gasteiger partial charge in [-0.25, -0.2) is 4.39 Å². The molecule has 1 aromatic carbocycles. The summed E-state index contributed by atoms with van der Waals surface area (Å²) in [5.41, 5.74) is 8.10. The molecule has 20 heavy (non-hydrogen) atoms. The number of benzene rings is 1. The summed E-state index contributed by atoms with van der Waals surface area (Å²) in [6.07, 6.45) is 4.50. The SMILES string of the molecule is Cc1cc(F)ccc1CCN=C(N)N1CCCCC1.I. The number of halogens is 2. The van der Waals surface area contributed by atoms with Crippen molar-refractivity contribution in [2.45, 2.75) is 32.6 Å². The Hall–Kier alpha value is -0.850. The van der Waals surface area contributed by atoms with Gasteiger partial charge in [-0.1, -0.05) is 6.07 Å². The van der Waals surface area contributed by atoms with Gasteiger partial charge in [0.05, 0.1) is 0 Å². The van der Waals surface area contributed by atoms with Gasteiger partial charge in [0.2, 0.25) is 0 Å². The molecule has 112 valence electrons. The highest BCUT2D eigenvalue weighted by Crippen LogP contribution is 2.11. The molecule has 0 aromatic heterocycles. The van der Waals surface area contributed by atoms with E-state index in [9.17, 15) is 4.39 Å². The topological polar surface area (TPSA) is 41.6 Å². The van der Waals surface area contributed by atoms with Crippen LogP contribution >= 0.6 is 24.0 Å². The van der Waals surface area contributed by atoms with Crippen molar-refractivity contribution in [3.8, 4) is 0 Å². The number of guanidine groups is 1. The Morgan fingerprint density at radius 1 is 1.30 bits per heavy atom. The van der Waals surface area contributed by atoms with Crippen molar-refractivity contribution < 1.29 is 4.39 Å². The first-order valence-corrected chi connectivity index (χ1v) is 6.97. The van der Waals surface area contributed by atoms with Crippen molar-refractivity contribution in [3.63, 3.8) is 0 Å². The number of nitrogens with zero attached hydrogens (tertiary/aromatic N) is 2. The maximum absolute atomic E-state index is 13.0. The van der Waals surface area contributed by atoms with Gasteiger partial charge in [0, 0.05) is 19.6 Å². The zero-order valence-corrected chi connectivity index (χ0v) is 14.3. The Morgan fingerprint density at radius 2 is 2.00 bits per heavy atom. The molecule has 1 aliphatic rings. The van der Waals surface area contributed by atoms with Crippen molar-refractivity contribution in [1.29, 1.82) is 0 Å². The second kappa shape index (κ2) is 8.44. The van der Waals surface area contributed by atoms with Crippen LogP contribution in [0.4, 0.5) is 4.39 Å². The van der Waals surface area contributed by atoms with E-state index in [0.717, 1.165) is 30.6 Å². The Bertz CT molecular complexity index is 456. The number of aliphatic imine (C=N–C) groups is 1. The van der Waals surface area contributed by atoms with Crippen molar-refractivity contribution in [3.05, 3.63) is 35.1 Å². The van der Waals surface area contributed by atoms with Gasteiger partial charge in [-0.05, 0) is 55.9 Å². The van der Waals surface area contributed by atoms with Crippen LogP contribution in [0.1, 0.15) is 30.4 Å². The molecule has 1 fully saturated rings. The summed E-state index contributed by atoms with van der Waals surface area (Å²) in [5, 5.41) is 0. The van der Waals surface area contributed by atoms with Crippen LogP contribution in [-0.4, -0.2) is 30.5 Å². The molecular weight excluding hydrogens is 368 g/mol. The molecule has 0 aliphatic carbocycles. The molecule has 0 unspecified atom stereocenters. The predicted molar refractivity (Wildman–Crippen MR) is 92.2 cm³/mol. The van der Waals surface area contributed by atoms with Gasteiger partial charge in [-0.3, -0.25) is 4.99 Å². The van der Waals surface area contributed by atoms with Gasteiger partial charge in [0.15, 0.2) is 5.96 Å². The van der Waals surface area contributed by atoms with E-state index in [1.807, 2.05) is 13.0 Å². The Morgan fingerprint density at radius 3 is 2.65 bits per heavy atom. The van der Waals surface area contributed by atoms with E-state index < -0.39 is 0 Å². The molecule has 0 amide bonds. The van der Waals surface area contributed by atoms with E-state index in [1.54, 1.807) is 6.07 Å². The largest absolute Gasteiger partial charge is 0.370 e. The maximum Gasteiger partial charge on any atom is 0.191 e. The molecule has 2 N–H and O–H groups in total. The fraction of sp³-hybridized carbons (Fsp3) is 0.533. The smallest absolute Gasteiger partial charge is 0.191 e. The third-order valence-electron chi connectivity index (χ3n) is 3.64. The lowest BCUT2D eigenvalue weighted by Crippen LogP contribution is -2.41. The van der Waals surface area contributed by atoms with Gasteiger partial charge in [-0.15, -0.1) is 24.0 Å². The number of aryl methyl sites for hydroxylation is 1. The van der Waals surface area contributed by atoms with E-state index in [4.69, 9.17) is 5.73 Å². The highest BCUT2D eigenvalue weighted by atomic mass is 127. The molecule has 1 heterocycles. The summed E-state index contributed by atoms with van der Waals surface area (Å²) in [6.45, 7) is 4.63. The van der Waals surface area contributed by atoms with Crippen LogP contribution in [0.5, 0.6) is 0 Å². The minimum Gasteiger partial charge on any atom is -0.370 e. The summed E-state index contributed by atoms with van der Waals surface area (Å²) in [4.78, 5) is 6.59. The zero-order valence-electron chi connectivity index (χ0n) is 11.9. The minimum atomic E-state index is -0.183. The van der Waals surface area contributed by atoms with Crippen LogP contribution in [0.25, 0.3) is 0 Å². The third kappa shape index (κ3) is 4.92. The lowest BCUT2D eigenvalue weighted by atomic mass is 10.1. The molecule has 0 atom stereocenters. The predicted octanol–water partition coefficient (Wildman–Crippen LogP) is 3.10. The average Bonchev–Trinajstić information content (AvgIpc) is 2.42. The quantitative estimate of drug-likeness (QED) is 0.489. The maximum atomic E-state index is 13.0. The van der Waals surface area contributed by atoms with Gasteiger partial charge in [0.25, 0.3) is 0 Å². The molecule has 0 saturated carbocycles. The van der Waals surface area contributed by atoms with Crippen molar-refractivity contribution in [1.82, 2.24) is 4.90 Å². The molecular formula is C15H23FIN3. The average molecular weight is 391 g/mol. The van der Waals surface area contributed by atoms with Crippen molar-refractivity contribution in [2.75, 3.05) is 19.6 Å². The molecule has 0 bridgehead atoms. The number of likely N-dealkylation sites (tertiary alicyclic amines) is 1. The molecule has 1 saturated heterocycles. The lowest BCUT2D eigenvalue weighted by molar-refractivity contribution is 0.338. The molecule has 0 spiro atoms. The normalized spacial score (nSPS) is 15.9. The van der Waals surface area contributed by atoms with Crippen LogP contribution in [0, 0.1) is 12.7 Å². The first-order valence-electron chi connectivity index (χ1n) is 6.97. The van der Waals surface area contributed by atoms with Gasteiger partial charge in [-0.2, -0.15) is 0 Å². The highest BCUT2D eigenvalue weighted by Gasteiger charge is 2.11. The first-order chi connectivity index (χ1) is 9.16. The van der Waals surface area contributed by atoms with Crippen LogP contribution in [0.15, 0.2) is 23.2 Å². The fourth-order valence-electron chi connectivity index (χ4n) is 2.45. The number of nitrogens with two attached hydrogens (primary N) is 1. The summed E-state index contributed by atoms with van der Waals surface area (Å²) < 4.78 is 13.0. The number of hydrogen-bond donors (Lipinski definition) is 1. The first kappa shape index (κ1) is 17.2. The van der Waals surface area contributed by atoms with Crippen molar-refractivity contribution >= 4 is 29.9 Å². The minimum absolute atomic E-state index is 0. The molecule has 0 radical (unpaired) electrons. The fourth-order valence-corrected chi connectivity index (χ4v) is 2.45. The number of hydrogen-bond acceptors (Lipinski definition) is 1. The second-order valence-corrected chi connectivity index (χ2v) is 5.11. The van der Waals surface area contributed by atoms with E-state index in [0.29, 0.717) is 12.5 Å². The number of rotatable bonds is 3. The third-order valence-corrected chi connectivity index (χ3v) is 3.64. The van der Waals surface area contributed by atoms with Gasteiger partial charge in [0.1, 0.15) is 5.82 Å². The molecule has 2 rings (SSSR count). The van der Waals surface area contributed by atoms with E-state index in [1.165, 1.54) is 25.3 Å². The van der Waals surface area contributed by atoms with Crippen LogP contribution in [0.2, 0.25) is 0 Å². The summed E-state index contributed by atoms with van der Waals surface area (Å²) in [5.74, 6) is 0.469. The van der Waals surface area contributed by atoms with Crippen LogP contribution in [0.3, 0.4) is 0 Å². The molecule has 1 aromatic rings. The zero-order chi connectivity index (χ0) is 13.7. The lowest BCUT2D eigenvalue weighted by Gasteiger charge is -2.27. The van der Waals surface area contributed by atoms with E-state index in [2.05, 4.69) is 9.89 Å². The van der Waals surface area contributed by atoms with E-state index >= 15 is 0 Å². The molecule has 5 heteroatoms. The summed E-state index contributed by atoms with van der Waals surface area (Å²) in [6, 6.07) is 4.89. The van der Waals surface area contributed by atoms with Crippen molar-refractivity contribution in [2.24, 2.45) is 10.7 Å². The van der Waals surface area contributed by atoms with E-state index in [-0.39, 0.29) is 29.8 Å². The summed E-state index contributed by atoms with van der Waals surface area (Å²) >= 11 is 0. The monoisotopic (exact) mass is 391 g/mol. The molecule has 3 nitrogen and oxygen atoms in total. The van der Waals surface area contributed by atoms with Gasteiger partial charge >= 0.3 is 0 Å². The second-order valence-electron chi connectivity index (χ2n) is 5.11. The van der Waals surface area contributed by atoms with Crippen LogP contribution < -0.4 is 5.73 Å². The standard InChI is InChI=1S/C15H22FN3.HI/c1-12-11-14(16)6-5-13(12)7-8-18-15(17)19-9-3-2-4-10-19;/h5-6,11H,2-4,7-10H2,1H3,(H2,17,18);1H. The summed E-state index contributed by atoms with van der Waals surface area (Å²) in [7, 11) is 0. The Balaban J connectivity index is 0.00000200. The Kier molecular flexibility index (Phi) is 7.26. The van der Waals surface area contributed by atoms with Crippen LogP contribution in [-0.2, 0) is 6.42 Å². The number of piperidine rings is 1. The molecule has 1 aliphatic heterocycles. The highest BCUT2D eigenvalue weighted by molar-refractivity contribution is 14.0. The van der Waals surface area contributed by atoms with Gasteiger partial charge < -0.3 is 10.6 Å².